The van der Waals surface area contributed by atoms with Crippen LogP contribution >= 0.6 is 24.0 Å². The molecule has 0 saturated carbocycles. The third-order valence-electron chi connectivity index (χ3n) is 2.35. The Morgan fingerprint density at radius 1 is 1.53 bits per heavy atom. The van der Waals surface area contributed by atoms with Crippen molar-refractivity contribution >= 4 is 46.0 Å². The van der Waals surface area contributed by atoms with E-state index in [2.05, 4.69) is 5.32 Å². The van der Waals surface area contributed by atoms with Crippen LogP contribution in [0.15, 0.2) is 23.1 Å². The quantitative estimate of drug-likeness (QED) is 0.398. The standard InChI is InChI=1S/C11H8N2O4S2/c1-17-8-3-2-7(13(15)16)4-6(8)5-9-10(14)12-11(18)19-9/h2-5H,1H3,(H,12,14,18)/b9-5+. The van der Waals surface area contributed by atoms with Crippen LogP contribution in [-0.4, -0.2) is 22.3 Å². The summed E-state index contributed by atoms with van der Waals surface area (Å²) < 4.78 is 5.47. The number of nitrogens with one attached hydrogen (secondary N) is 1. The Labute approximate surface area is 118 Å². The first-order valence-corrected chi connectivity index (χ1v) is 6.31. The topological polar surface area (TPSA) is 81.5 Å². The summed E-state index contributed by atoms with van der Waals surface area (Å²) in [5.74, 6) is 0.132. The van der Waals surface area contributed by atoms with Crippen LogP contribution in [-0.2, 0) is 4.79 Å². The zero-order valence-corrected chi connectivity index (χ0v) is 11.3. The van der Waals surface area contributed by atoms with E-state index < -0.39 is 4.92 Å². The van der Waals surface area contributed by atoms with Crippen LogP contribution in [0, 0.1) is 10.1 Å². The molecular weight excluding hydrogens is 288 g/mol. The molecular formula is C11H8N2O4S2. The number of carbonyl (C=O) groups excluding carboxylic acids is 1. The van der Waals surface area contributed by atoms with Crippen LogP contribution < -0.4 is 10.1 Å². The molecule has 0 unspecified atom stereocenters. The first-order chi connectivity index (χ1) is 9.01. The smallest absolute Gasteiger partial charge is 0.270 e. The summed E-state index contributed by atoms with van der Waals surface area (Å²) in [7, 11) is 1.45. The van der Waals surface area contributed by atoms with Crippen molar-refractivity contribution < 1.29 is 14.5 Å². The minimum absolute atomic E-state index is 0.0707. The fraction of sp³-hybridized carbons (Fsp3) is 0.0909. The lowest BCUT2D eigenvalue weighted by molar-refractivity contribution is -0.384. The van der Waals surface area contributed by atoms with Crippen molar-refractivity contribution in [2.24, 2.45) is 0 Å². The van der Waals surface area contributed by atoms with Crippen LogP contribution in [0.2, 0.25) is 0 Å². The van der Waals surface area contributed by atoms with Crippen molar-refractivity contribution in [1.82, 2.24) is 5.32 Å². The molecule has 1 fully saturated rings. The molecule has 0 aromatic heterocycles. The summed E-state index contributed by atoms with van der Waals surface area (Å²) in [6.07, 6.45) is 1.52. The highest BCUT2D eigenvalue weighted by molar-refractivity contribution is 8.26. The van der Waals surface area contributed by atoms with Crippen LogP contribution in [0.25, 0.3) is 6.08 Å². The number of benzene rings is 1. The van der Waals surface area contributed by atoms with E-state index in [0.717, 1.165) is 11.8 Å². The number of carbonyl (C=O) groups is 1. The predicted molar refractivity (Wildman–Crippen MR) is 76.0 cm³/mol. The molecule has 2 rings (SSSR count). The van der Waals surface area contributed by atoms with Gasteiger partial charge in [0.25, 0.3) is 11.6 Å². The Bertz CT molecular complexity index is 613. The molecule has 1 aliphatic rings. The van der Waals surface area contributed by atoms with Gasteiger partial charge >= 0.3 is 0 Å². The number of nitro benzene ring substituents is 1. The largest absolute Gasteiger partial charge is 0.496 e. The number of methoxy groups -OCH3 is 1. The van der Waals surface area contributed by atoms with Crippen molar-refractivity contribution in [2.45, 2.75) is 0 Å². The van der Waals surface area contributed by atoms with Gasteiger partial charge in [-0.2, -0.15) is 0 Å². The van der Waals surface area contributed by atoms with Crippen LogP contribution in [0.4, 0.5) is 5.69 Å². The third-order valence-corrected chi connectivity index (χ3v) is 3.52. The van der Waals surface area contributed by atoms with Gasteiger partial charge in [-0.15, -0.1) is 0 Å². The number of thiocarbonyl (C=S) groups is 1. The molecule has 1 saturated heterocycles. The van der Waals surface area contributed by atoms with E-state index in [0.29, 0.717) is 20.5 Å². The van der Waals surface area contributed by atoms with Crippen molar-refractivity contribution in [3.63, 3.8) is 0 Å². The van der Waals surface area contributed by atoms with Gasteiger partial charge in [-0.1, -0.05) is 24.0 Å². The first-order valence-electron chi connectivity index (χ1n) is 5.08. The normalized spacial score (nSPS) is 16.6. The molecule has 0 spiro atoms. The molecule has 1 N–H and O–H groups in total. The van der Waals surface area contributed by atoms with E-state index in [9.17, 15) is 14.9 Å². The van der Waals surface area contributed by atoms with E-state index >= 15 is 0 Å². The number of thioether (sulfide) groups is 1. The second-order valence-electron chi connectivity index (χ2n) is 3.54. The van der Waals surface area contributed by atoms with E-state index in [4.69, 9.17) is 17.0 Å². The second kappa shape index (κ2) is 5.37. The molecule has 0 aliphatic carbocycles. The lowest BCUT2D eigenvalue weighted by Gasteiger charge is -2.04. The monoisotopic (exact) mass is 296 g/mol. The third kappa shape index (κ3) is 2.91. The predicted octanol–water partition coefficient (Wildman–Crippen LogP) is 2.09. The average molecular weight is 296 g/mol. The maximum absolute atomic E-state index is 11.5. The maximum atomic E-state index is 11.5. The number of rotatable bonds is 3. The van der Waals surface area contributed by atoms with Crippen molar-refractivity contribution in [1.29, 1.82) is 0 Å². The number of non-ortho nitro benzene ring substituents is 1. The number of ether oxygens (including phenoxy) is 1. The zero-order valence-electron chi connectivity index (χ0n) is 9.71. The van der Waals surface area contributed by atoms with Gasteiger partial charge in [0.2, 0.25) is 0 Å². The highest BCUT2D eigenvalue weighted by atomic mass is 32.2. The lowest BCUT2D eigenvalue weighted by atomic mass is 10.1. The molecule has 1 aromatic rings. The number of nitro groups is 1. The molecule has 1 amide bonds. The first kappa shape index (κ1) is 13.5. The van der Waals surface area contributed by atoms with Gasteiger partial charge in [0.15, 0.2) is 0 Å². The van der Waals surface area contributed by atoms with Gasteiger partial charge in [0.1, 0.15) is 10.1 Å². The minimum Gasteiger partial charge on any atom is -0.496 e. The Morgan fingerprint density at radius 2 is 2.26 bits per heavy atom. The van der Waals surface area contributed by atoms with E-state index in [-0.39, 0.29) is 11.6 Å². The van der Waals surface area contributed by atoms with Gasteiger partial charge in [0, 0.05) is 17.7 Å². The molecule has 19 heavy (non-hydrogen) atoms. The summed E-state index contributed by atoms with van der Waals surface area (Å²) in [6.45, 7) is 0. The van der Waals surface area contributed by atoms with Crippen molar-refractivity contribution in [2.75, 3.05) is 7.11 Å². The summed E-state index contributed by atoms with van der Waals surface area (Å²) in [4.78, 5) is 22.2. The zero-order chi connectivity index (χ0) is 14.0. The van der Waals surface area contributed by atoms with Crippen molar-refractivity contribution in [3.8, 4) is 5.75 Å². The molecule has 0 atom stereocenters. The minimum atomic E-state index is -0.506. The fourth-order valence-corrected chi connectivity index (χ4v) is 2.55. The van der Waals surface area contributed by atoms with Crippen LogP contribution in [0.3, 0.4) is 0 Å². The molecule has 6 nitrogen and oxygen atoms in total. The van der Waals surface area contributed by atoms with Gasteiger partial charge < -0.3 is 10.1 Å². The summed E-state index contributed by atoms with van der Waals surface area (Å²) >= 11 is 5.98. The number of amides is 1. The molecule has 0 bridgehead atoms. The number of hydrogen-bond acceptors (Lipinski definition) is 6. The highest BCUT2D eigenvalue weighted by Crippen LogP contribution is 2.31. The summed E-state index contributed by atoms with van der Waals surface area (Å²) in [5.41, 5.74) is 0.387. The Morgan fingerprint density at radius 3 is 2.79 bits per heavy atom. The Kier molecular flexibility index (Phi) is 3.82. The van der Waals surface area contributed by atoms with Crippen LogP contribution in [0.1, 0.15) is 5.56 Å². The SMILES string of the molecule is COc1ccc([N+](=O)[O-])cc1/C=C1/SC(=S)NC1=O. The van der Waals surface area contributed by atoms with Crippen molar-refractivity contribution in [3.05, 3.63) is 38.8 Å². The van der Waals surface area contributed by atoms with Gasteiger partial charge in [-0.05, 0) is 12.1 Å². The number of nitrogens with zero attached hydrogens (tertiary/aromatic N) is 1. The molecule has 1 aromatic carbocycles. The molecule has 8 heteroatoms. The highest BCUT2D eigenvalue weighted by Gasteiger charge is 2.23. The van der Waals surface area contributed by atoms with Crippen LogP contribution in [0.5, 0.6) is 5.75 Å². The van der Waals surface area contributed by atoms with E-state index in [1.165, 1.54) is 31.4 Å². The number of hydrogen-bond donors (Lipinski definition) is 1. The van der Waals surface area contributed by atoms with Gasteiger partial charge in [-0.3, -0.25) is 14.9 Å². The van der Waals surface area contributed by atoms with E-state index in [1.54, 1.807) is 0 Å². The molecule has 1 aliphatic heterocycles. The lowest BCUT2D eigenvalue weighted by Crippen LogP contribution is -2.17. The van der Waals surface area contributed by atoms with Gasteiger partial charge in [-0.25, -0.2) is 0 Å². The van der Waals surface area contributed by atoms with E-state index in [1.807, 2.05) is 0 Å². The van der Waals surface area contributed by atoms with Gasteiger partial charge in [0.05, 0.1) is 16.9 Å². The average Bonchev–Trinajstić information content (AvgIpc) is 2.67. The summed E-state index contributed by atoms with van der Waals surface area (Å²) in [5, 5.41) is 13.2. The fourth-order valence-electron chi connectivity index (χ4n) is 1.51. The molecule has 1 heterocycles. The Balaban J connectivity index is 2.45. The second-order valence-corrected chi connectivity index (χ2v) is 5.25. The Hall–Kier alpha value is -1.93. The molecule has 0 radical (unpaired) electrons. The molecule has 98 valence electrons. The summed E-state index contributed by atoms with van der Waals surface area (Å²) in [6, 6.07) is 4.18. The maximum Gasteiger partial charge on any atom is 0.270 e.